The maximum Gasteiger partial charge on any atom is 0.239 e. The second-order valence-corrected chi connectivity index (χ2v) is 7.54. The predicted octanol–water partition coefficient (Wildman–Crippen LogP) is 4.32. The molecule has 0 aliphatic rings. The highest BCUT2D eigenvalue weighted by atomic mass is 19.1. The molecule has 1 amide bonds. The summed E-state index contributed by atoms with van der Waals surface area (Å²) in [5, 5.41) is 12.5. The number of nitrogens with one attached hydrogen (secondary N) is 1. The van der Waals surface area contributed by atoms with E-state index in [0.29, 0.717) is 17.1 Å². The van der Waals surface area contributed by atoms with Crippen molar-refractivity contribution in [1.29, 1.82) is 5.26 Å². The van der Waals surface area contributed by atoms with Gasteiger partial charge >= 0.3 is 0 Å². The number of hydrogen-bond acceptors (Lipinski definition) is 4. The normalized spacial score (nSPS) is 10.8. The fraction of sp³-hybridized carbons (Fsp3) is 0.250. The topological polar surface area (TPSA) is 70.3 Å². The smallest absolute Gasteiger partial charge is 0.239 e. The average molecular weight is 438 g/mol. The lowest BCUT2D eigenvalue weighted by molar-refractivity contribution is -0.117. The quantitative estimate of drug-likeness (QED) is 0.596. The van der Waals surface area contributed by atoms with Gasteiger partial charge in [-0.2, -0.15) is 5.26 Å². The van der Waals surface area contributed by atoms with E-state index in [-0.39, 0.29) is 24.6 Å². The molecule has 32 heavy (non-hydrogen) atoms. The van der Waals surface area contributed by atoms with Crippen molar-refractivity contribution < 1.29 is 18.3 Å². The molecule has 3 rings (SSSR count). The van der Waals surface area contributed by atoms with E-state index < -0.39 is 11.6 Å². The summed E-state index contributed by atoms with van der Waals surface area (Å²) in [6.45, 7) is 3.78. The molecular formula is C24H24F2N4O2. The number of ether oxygens (including phenoxy) is 1. The zero-order valence-corrected chi connectivity index (χ0v) is 18.4. The van der Waals surface area contributed by atoms with Crippen LogP contribution in [0.25, 0.3) is 5.69 Å². The van der Waals surface area contributed by atoms with E-state index in [2.05, 4.69) is 11.4 Å². The summed E-state index contributed by atoms with van der Waals surface area (Å²) >= 11 is 0. The number of nitrogens with zero attached hydrogens (tertiary/aromatic N) is 3. The van der Waals surface area contributed by atoms with Gasteiger partial charge < -0.3 is 10.1 Å². The van der Waals surface area contributed by atoms with Crippen LogP contribution in [0.1, 0.15) is 22.4 Å². The molecule has 1 heterocycles. The number of nitriles is 1. The first-order valence-electron chi connectivity index (χ1n) is 9.94. The largest absolute Gasteiger partial charge is 0.497 e. The van der Waals surface area contributed by atoms with Crippen molar-refractivity contribution in [1.82, 2.24) is 9.47 Å². The van der Waals surface area contributed by atoms with E-state index in [9.17, 15) is 18.8 Å². The molecule has 6 nitrogen and oxygen atoms in total. The molecule has 0 saturated heterocycles. The number of anilines is 1. The Morgan fingerprint density at radius 1 is 1.19 bits per heavy atom. The van der Waals surface area contributed by atoms with Crippen molar-refractivity contribution >= 4 is 11.7 Å². The number of likely N-dealkylation sites (N-methyl/N-ethyl adjacent to an activating group) is 1. The van der Waals surface area contributed by atoms with Gasteiger partial charge in [0.05, 0.1) is 19.2 Å². The number of benzene rings is 2. The van der Waals surface area contributed by atoms with E-state index >= 15 is 0 Å². The number of carbonyl (C=O) groups excluding carboxylic acids is 1. The number of amides is 1. The minimum atomic E-state index is -0.663. The molecule has 0 aliphatic heterocycles. The number of carbonyl (C=O) groups is 1. The summed E-state index contributed by atoms with van der Waals surface area (Å²) in [6, 6.07) is 12.8. The summed E-state index contributed by atoms with van der Waals surface area (Å²) in [7, 11) is 3.24. The van der Waals surface area contributed by atoms with Gasteiger partial charge in [-0.1, -0.05) is 6.07 Å². The maximum atomic E-state index is 13.9. The van der Waals surface area contributed by atoms with Gasteiger partial charge in [0.25, 0.3) is 0 Å². The SMILES string of the molecule is COc1ccc(-n2c(C)c(C)c(C#N)c2NC(=O)CN(C)Cc2ccc(F)cc2F)cc1. The number of halogens is 2. The first-order valence-corrected chi connectivity index (χ1v) is 9.94. The van der Waals surface area contributed by atoms with Gasteiger partial charge in [0.15, 0.2) is 0 Å². The fourth-order valence-corrected chi connectivity index (χ4v) is 3.53. The van der Waals surface area contributed by atoms with Crippen LogP contribution in [0.15, 0.2) is 42.5 Å². The minimum Gasteiger partial charge on any atom is -0.497 e. The Morgan fingerprint density at radius 2 is 1.88 bits per heavy atom. The van der Waals surface area contributed by atoms with Crippen LogP contribution in [-0.4, -0.2) is 36.1 Å². The first kappa shape index (κ1) is 23.0. The Hall–Kier alpha value is -3.70. The Kier molecular flexibility index (Phi) is 6.91. The average Bonchev–Trinajstić information content (AvgIpc) is 2.99. The summed E-state index contributed by atoms with van der Waals surface area (Å²) in [5.74, 6) is -0.613. The van der Waals surface area contributed by atoms with Gasteiger partial charge in [-0.15, -0.1) is 0 Å². The van der Waals surface area contributed by atoms with Crippen LogP contribution in [-0.2, 0) is 11.3 Å². The first-order chi connectivity index (χ1) is 15.2. The molecule has 0 radical (unpaired) electrons. The van der Waals surface area contributed by atoms with Gasteiger partial charge in [-0.25, -0.2) is 8.78 Å². The van der Waals surface area contributed by atoms with Crippen molar-refractivity contribution in [3.63, 3.8) is 0 Å². The summed E-state index contributed by atoms with van der Waals surface area (Å²) < 4.78 is 34.0. The molecular weight excluding hydrogens is 414 g/mol. The second-order valence-electron chi connectivity index (χ2n) is 7.54. The van der Waals surface area contributed by atoms with Gasteiger partial charge in [0.1, 0.15) is 29.3 Å². The van der Waals surface area contributed by atoms with Gasteiger partial charge in [-0.05, 0) is 56.8 Å². The van der Waals surface area contributed by atoms with Crippen molar-refractivity contribution in [2.45, 2.75) is 20.4 Å². The number of aromatic nitrogens is 1. The predicted molar refractivity (Wildman–Crippen MR) is 118 cm³/mol. The highest BCUT2D eigenvalue weighted by molar-refractivity contribution is 5.93. The van der Waals surface area contributed by atoms with E-state index in [4.69, 9.17) is 4.74 Å². The van der Waals surface area contributed by atoms with Crippen molar-refractivity contribution in [3.05, 3.63) is 76.5 Å². The molecule has 8 heteroatoms. The van der Waals surface area contributed by atoms with Crippen LogP contribution in [0.5, 0.6) is 5.75 Å². The Balaban J connectivity index is 1.83. The maximum absolute atomic E-state index is 13.9. The lowest BCUT2D eigenvalue weighted by atomic mass is 10.2. The van der Waals surface area contributed by atoms with E-state index in [0.717, 1.165) is 23.0 Å². The second kappa shape index (κ2) is 9.62. The van der Waals surface area contributed by atoms with Gasteiger partial charge in [0.2, 0.25) is 5.91 Å². The van der Waals surface area contributed by atoms with Gasteiger partial charge in [0, 0.05) is 29.6 Å². The minimum absolute atomic E-state index is 0.0480. The van der Waals surface area contributed by atoms with Crippen LogP contribution in [0, 0.1) is 36.8 Å². The highest BCUT2D eigenvalue weighted by Crippen LogP contribution is 2.30. The third-order valence-electron chi connectivity index (χ3n) is 5.28. The molecule has 1 aromatic heterocycles. The number of methoxy groups -OCH3 is 1. The standard InChI is InChI=1S/C24H24F2N4O2/c1-15-16(2)30(19-7-9-20(32-4)10-8-19)24(21(15)12-27)28-23(31)14-29(3)13-17-5-6-18(25)11-22(17)26/h5-11H,13-14H2,1-4H3,(H,28,31). The van der Waals surface area contributed by atoms with E-state index in [1.165, 1.54) is 12.1 Å². The molecule has 0 atom stereocenters. The summed E-state index contributed by atoms with van der Waals surface area (Å²) in [6.07, 6.45) is 0. The lowest BCUT2D eigenvalue weighted by Gasteiger charge is -2.18. The summed E-state index contributed by atoms with van der Waals surface area (Å²) in [4.78, 5) is 14.4. The molecule has 0 spiro atoms. The van der Waals surface area contributed by atoms with Crippen LogP contribution < -0.4 is 10.1 Å². The van der Waals surface area contributed by atoms with Crippen LogP contribution >= 0.6 is 0 Å². The van der Waals surface area contributed by atoms with Crippen LogP contribution in [0.2, 0.25) is 0 Å². The third-order valence-corrected chi connectivity index (χ3v) is 5.28. The van der Waals surface area contributed by atoms with Crippen molar-refractivity contribution in [2.24, 2.45) is 0 Å². The number of hydrogen-bond donors (Lipinski definition) is 1. The van der Waals surface area contributed by atoms with Crippen molar-refractivity contribution in [2.75, 3.05) is 26.0 Å². The molecule has 1 N–H and O–H groups in total. The zero-order chi connectivity index (χ0) is 23.4. The zero-order valence-electron chi connectivity index (χ0n) is 18.4. The highest BCUT2D eigenvalue weighted by Gasteiger charge is 2.21. The van der Waals surface area contributed by atoms with Crippen molar-refractivity contribution in [3.8, 4) is 17.5 Å². The Bertz CT molecular complexity index is 1180. The van der Waals surface area contributed by atoms with Gasteiger partial charge in [-0.3, -0.25) is 14.3 Å². The molecule has 0 saturated carbocycles. The molecule has 0 aliphatic carbocycles. The molecule has 0 fully saturated rings. The van der Waals surface area contributed by atoms with Crippen LogP contribution in [0.3, 0.4) is 0 Å². The third kappa shape index (κ3) is 4.79. The summed E-state index contributed by atoms with van der Waals surface area (Å²) in [5.41, 5.74) is 3.01. The van der Waals surface area contributed by atoms with Crippen LogP contribution in [0.4, 0.5) is 14.6 Å². The molecule has 166 valence electrons. The Labute approximate surface area is 185 Å². The lowest BCUT2D eigenvalue weighted by Crippen LogP contribution is -2.31. The van der Waals surface area contributed by atoms with E-state index in [1.807, 2.05) is 30.5 Å². The van der Waals surface area contributed by atoms with E-state index in [1.54, 1.807) is 31.2 Å². The fourth-order valence-electron chi connectivity index (χ4n) is 3.53. The number of rotatable bonds is 7. The molecule has 0 bridgehead atoms. The molecule has 0 unspecified atom stereocenters. The molecule has 3 aromatic rings. The molecule has 2 aromatic carbocycles. The monoisotopic (exact) mass is 438 g/mol. The Morgan fingerprint density at radius 3 is 2.47 bits per heavy atom.